The summed E-state index contributed by atoms with van der Waals surface area (Å²) in [6.45, 7) is 3.38. The zero-order chi connectivity index (χ0) is 11.7. The van der Waals surface area contributed by atoms with Crippen LogP contribution in [0.2, 0.25) is 0 Å². The van der Waals surface area contributed by atoms with Gasteiger partial charge in [-0.1, -0.05) is 11.6 Å². The highest BCUT2D eigenvalue weighted by Crippen LogP contribution is 2.30. The maximum Gasteiger partial charge on any atom is 0.108 e. The fraction of sp³-hybridized carbons (Fsp3) is 0.833. The Labute approximate surface area is 101 Å². The van der Waals surface area contributed by atoms with Gasteiger partial charge in [0, 0.05) is 19.1 Å². The monoisotopic (exact) mass is 236 g/mol. The second-order valence-corrected chi connectivity index (χ2v) is 5.32. The predicted octanol–water partition coefficient (Wildman–Crippen LogP) is 0.645. The molecule has 17 heavy (non-hydrogen) atoms. The third kappa shape index (κ3) is 2.35. The first kappa shape index (κ1) is 11.2. The molecule has 94 valence electrons. The van der Waals surface area contributed by atoms with Gasteiger partial charge in [0.2, 0.25) is 0 Å². The van der Waals surface area contributed by atoms with Gasteiger partial charge in [0.25, 0.3) is 0 Å². The second kappa shape index (κ2) is 4.74. The quantitative estimate of drug-likeness (QED) is 0.833. The van der Waals surface area contributed by atoms with Crippen molar-refractivity contribution in [2.45, 2.75) is 44.9 Å². The number of hydrogen-bond acceptors (Lipinski definition) is 4. The summed E-state index contributed by atoms with van der Waals surface area (Å²) in [5.74, 6) is 0.698. The van der Waals surface area contributed by atoms with E-state index < -0.39 is 0 Å². The molecular formula is C12H20N4O. The number of aliphatic hydroxyl groups excluding tert-OH is 1. The lowest BCUT2D eigenvalue weighted by Crippen LogP contribution is -2.38. The minimum atomic E-state index is -0.0150. The van der Waals surface area contributed by atoms with Gasteiger partial charge in [-0.2, -0.15) is 0 Å². The molecule has 5 heteroatoms. The van der Waals surface area contributed by atoms with Gasteiger partial charge in [0.1, 0.15) is 5.69 Å². The van der Waals surface area contributed by atoms with Crippen LogP contribution in [-0.2, 0) is 13.2 Å². The number of rotatable bonds is 4. The van der Waals surface area contributed by atoms with Crippen LogP contribution < -0.4 is 0 Å². The lowest BCUT2D eigenvalue weighted by Gasteiger charge is -2.34. The number of aliphatic hydroxyl groups is 1. The van der Waals surface area contributed by atoms with Crippen molar-refractivity contribution < 1.29 is 5.11 Å². The Morgan fingerprint density at radius 2 is 2.24 bits per heavy atom. The maximum absolute atomic E-state index is 8.94. The molecule has 1 aromatic heterocycles. The standard InChI is InChI=1S/C12H20N4O/c17-9-11-8-16(14-13-11)7-10-4-5-15(6-10)12-2-1-3-12/h8,10,12,17H,1-7,9H2/t10-/m1/s1. The Balaban J connectivity index is 1.52. The molecule has 2 aliphatic rings. The third-order valence-electron chi connectivity index (χ3n) is 4.10. The summed E-state index contributed by atoms with van der Waals surface area (Å²) < 4.78 is 1.88. The molecule has 0 aromatic carbocycles. The molecule has 1 N–H and O–H groups in total. The van der Waals surface area contributed by atoms with Gasteiger partial charge in [0.05, 0.1) is 12.8 Å². The smallest absolute Gasteiger partial charge is 0.108 e. The third-order valence-corrected chi connectivity index (χ3v) is 4.10. The van der Waals surface area contributed by atoms with Crippen LogP contribution in [0.1, 0.15) is 31.4 Å². The predicted molar refractivity (Wildman–Crippen MR) is 63.3 cm³/mol. The summed E-state index contributed by atoms with van der Waals surface area (Å²) in [5, 5.41) is 16.9. The van der Waals surface area contributed by atoms with Crippen LogP contribution in [-0.4, -0.2) is 44.1 Å². The summed E-state index contributed by atoms with van der Waals surface area (Å²) in [7, 11) is 0. The maximum atomic E-state index is 8.94. The molecule has 1 aliphatic carbocycles. The minimum Gasteiger partial charge on any atom is -0.390 e. The molecule has 0 radical (unpaired) electrons. The Bertz CT molecular complexity index is 374. The Hall–Kier alpha value is -0.940. The van der Waals surface area contributed by atoms with E-state index in [1.807, 2.05) is 10.9 Å². The number of aromatic nitrogens is 3. The van der Waals surface area contributed by atoms with Gasteiger partial charge in [0.15, 0.2) is 0 Å². The van der Waals surface area contributed by atoms with E-state index in [2.05, 4.69) is 15.2 Å². The first-order valence-corrected chi connectivity index (χ1v) is 6.59. The molecule has 1 saturated carbocycles. The molecule has 0 unspecified atom stereocenters. The molecule has 1 aliphatic heterocycles. The summed E-state index contributed by atoms with van der Waals surface area (Å²) in [4.78, 5) is 2.64. The van der Waals surface area contributed by atoms with Crippen LogP contribution in [0.15, 0.2) is 6.20 Å². The molecule has 1 saturated heterocycles. The SMILES string of the molecule is OCc1cn(C[C@@H]2CCN(C3CCC3)C2)nn1. The van der Waals surface area contributed by atoms with E-state index in [1.165, 1.54) is 38.8 Å². The average Bonchev–Trinajstić information content (AvgIpc) is 2.86. The lowest BCUT2D eigenvalue weighted by atomic mass is 9.92. The van der Waals surface area contributed by atoms with Crippen LogP contribution in [0.4, 0.5) is 0 Å². The molecule has 1 atom stereocenters. The normalized spacial score (nSPS) is 26.3. The summed E-state index contributed by atoms with van der Waals surface area (Å²) >= 11 is 0. The lowest BCUT2D eigenvalue weighted by molar-refractivity contribution is 0.151. The van der Waals surface area contributed by atoms with E-state index in [-0.39, 0.29) is 6.61 Å². The number of likely N-dealkylation sites (tertiary alicyclic amines) is 1. The Kier molecular flexibility index (Phi) is 3.11. The summed E-state index contributed by atoms with van der Waals surface area (Å²) in [5.41, 5.74) is 0.666. The Morgan fingerprint density at radius 3 is 2.88 bits per heavy atom. The molecule has 0 bridgehead atoms. The van der Waals surface area contributed by atoms with Crippen LogP contribution >= 0.6 is 0 Å². The van der Waals surface area contributed by atoms with Crippen molar-refractivity contribution in [3.63, 3.8) is 0 Å². The van der Waals surface area contributed by atoms with Crippen molar-refractivity contribution in [2.75, 3.05) is 13.1 Å². The van der Waals surface area contributed by atoms with Crippen LogP contribution in [0, 0.1) is 5.92 Å². The van der Waals surface area contributed by atoms with Gasteiger partial charge in [-0.05, 0) is 31.7 Å². The van der Waals surface area contributed by atoms with Crippen molar-refractivity contribution in [1.82, 2.24) is 19.9 Å². The van der Waals surface area contributed by atoms with Crippen LogP contribution in [0.5, 0.6) is 0 Å². The highest BCUT2D eigenvalue weighted by atomic mass is 16.3. The first-order valence-electron chi connectivity index (χ1n) is 6.59. The van der Waals surface area contributed by atoms with Gasteiger partial charge in [-0.3, -0.25) is 4.68 Å². The second-order valence-electron chi connectivity index (χ2n) is 5.32. The van der Waals surface area contributed by atoms with E-state index >= 15 is 0 Å². The van der Waals surface area contributed by atoms with Gasteiger partial charge < -0.3 is 10.0 Å². The fourth-order valence-corrected chi connectivity index (χ4v) is 2.86. The largest absolute Gasteiger partial charge is 0.390 e. The van der Waals surface area contributed by atoms with E-state index in [4.69, 9.17) is 5.11 Å². The zero-order valence-corrected chi connectivity index (χ0v) is 10.1. The van der Waals surface area contributed by atoms with Crippen LogP contribution in [0.25, 0.3) is 0 Å². The van der Waals surface area contributed by atoms with Gasteiger partial charge in [-0.25, -0.2) is 0 Å². The molecule has 5 nitrogen and oxygen atoms in total. The van der Waals surface area contributed by atoms with E-state index in [9.17, 15) is 0 Å². The van der Waals surface area contributed by atoms with Crippen molar-refractivity contribution in [2.24, 2.45) is 5.92 Å². The molecule has 1 aromatic rings. The molecule has 2 fully saturated rings. The highest BCUT2D eigenvalue weighted by Gasteiger charge is 2.31. The molecule has 2 heterocycles. The summed E-state index contributed by atoms with van der Waals surface area (Å²) in [6, 6.07) is 0.865. The average molecular weight is 236 g/mol. The van der Waals surface area contributed by atoms with Gasteiger partial charge in [-0.15, -0.1) is 5.10 Å². The van der Waals surface area contributed by atoms with Crippen LogP contribution in [0.3, 0.4) is 0 Å². The van der Waals surface area contributed by atoms with Gasteiger partial charge >= 0.3 is 0 Å². The highest BCUT2D eigenvalue weighted by molar-refractivity contribution is 4.90. The fourth-order valence-electron chi connectivity index (χ4n) is 2.86. The number of nitrogens with zero attached hydrogens (tertiary/aromatic N) is 4. The molecular weight excluding hydrogens is 216 g/mol. The minimum absolute atomic E-state index is 0.0150. The first-order chi connectivity index (χ1) is 8.35. The van der Waals surface area contributed by atoms with E-state index in [0.717, 1.165) is 12.6 Å². The zero-order valence-electron chi connectivity index (χ0n) is 10.1. The van der Waals surface area contributed by atoms with E-state index in [0.29, 0.717) is 11.6 Å². The van der Waals surface area contributed by atoms with Crippen molar-refractivity contribution in [1.29, 1.82) is 0 Å². The van der Waals surface area contributed by atoms with E-state index in [1.54, 1.807) is 0 Å². The molecule has 0 amide bonds. The van der Waals surface area contributed by atoms with Crippen molar-refractivity contribution >= 4 is 0 Å². The molecule has 0 spiro atoms. The van der Waals surface area contributed by atoms with Crippen molar-refractivity contribution in [3.05, 3.63) is 11.9 Å². The summed E-state index contributed by atoms with van der Waals surface area (Å²) in [6.07, 6.45) is 7.32. The van der Waals surface area contributed by atoms with Crippen molar-refractivity contribution in [3.8, 4) is 0 Å². The Morgan fingerprint density at radius 1 is 1.35 bits per heavy atom. The number of hydrogen-bond donors (Lipinski definition) is 1. The topological polar surface area (TPSA) is 54.2 Å². The molecule has 3 rings (SSSR count).